The Morgan fingerprint density at radius 1 is 0.333 bits per heavy atom. The highest BCUT2D eigenvalue weighted by molar-refractivity contribution is 7.20. The van der Waals surface area contributed by atoms with Crippen molar-refractivity contribution < 1.29 is 92.7 Å². The van der Waals surface area contributed by atoms with E-state index in [2.05, 4.69) is 45.0 Å². The summed E-state index contributed by atoms with van der Waals surface area (Å²) in [6.45, 7) is 10.4. The fourth-order valence-electron chi connectivity index (χ4n) is 6.89. The van der Waals surface area contributed by atoms with Gasteiger partial charge >= 0.3 is 0 Å². The first-order chi connectivity index (χ1) is 28.0. The number of hydrogen-bond acceptors (Lipinski definition) is 0. The summed E-state index contributed by atoms with van der Waals surface area (Å²) in [5.74, 6) is -71.4. The first-order valence-electron chi connectivity index (χ1n) is 17.2. The first kappa shape index (κ1) is 47.4. The standard InChI is InChI=1S/C24BF20.C14H23N/c26-5-1(6(27)14(35)21(42)13(5)34)25(2-7(28)15(36)22(43)16(37)8(2)29,3-9(30)17(38)23(44)18(39)10(3)31)4-11(32)19(40)24(45)20(41)12(4)33;1-4-9-13-10-7-8-11-14(13)12-15(5-2)6-3/h;7-8,10-11H,4-6,9,12H2,1-3H3/q-1;/p+1. The Labute approximate surface area is 325 Å². The first-order valence-corrected chi connectivity index (χ1v) is 17.2. The highest BCUT2D eigenvalue weighted by Crippen LogP contribution is 2.30. The summed E-state index contributed by atoms with van der Waals surface area (Å²) in [4.78, 5) is 1.67. The molecule has 5 rings (SSSR count). The molecule has 0 radical (unpaired) electrons. The number of nitrogens with one attached hydrogen (secondary N) is 1. The number of rotatable bonds is 10. The molecule has 5 aromatic carbocycles. The molecule has 0 aromatic heterocycles. The van der Waals surface area contributed by atoms with Crippen LogP contribution in [-0.2, 0) is 13.0 Å². The van der Waals surface area contributed by atoms with Crippen LogP contribution in [0, 0.1) is 116 Å². The molecule has 0 atom stereocenters. The number of quaternary nitrogens is 1. The molecule has 0 amide bonds. The van der Waals surface area contributed by atoms with E-state index < -0.39 is 144 Å². The van der Waals surface area contributed by atoms with E-state index >= 15 is 35.1 Å². The molecule has 0 bridgehead atoms. The highest BCUT2D eigenvalue weighted by atomic mass is 19.2. The molecule has 0 unspecified atom stereocenters. The Kier molecular flexibility index (Phi) is 14.3. The zero-order valence-corrected chi connectivity index (χ0v) is 30.5. The van der Waals surface area contributed by atoms with Gasteiger partial charge in [-0.3, -0.25) is 0 Å². The maximum atomic E-state index is 15.4. The van der Waals surface area contributed by atoms with Crippen LogP contribution < -0.4 is 26.8 Å². The van der Waals surface area contributed by atoms with Gasteiger partial charge in [0, 0.05) is 5.56 Å². The minimum Gasteiger partial charge on any atom is -0.332 e. The van der Waals surface area contributed by atoms with Crippen molar-refractivity contribution in [3.05, 3.63) is 152 Å². The lowest BCUT2D eigenvalue weighted by Gasteiger charge is -2.44. The van der Waals surface area contributed by atoms with Gasteiger partial charge in [-0.15, -0.1) is 21.9 Å². The summed E-state index contributed by atoms with van der Waals surface area (Å²) in [5, 5.41) is 0. The van der Waals surface area contributed by atoms with E-state index in [0.717, 1.165) is 0 Å². The summed E-state index contributed by atoms with van der Waals surface area (Å²) in [5.41, 5.74) is -11.2. The second-order valence-electron chi connectivity index (χ2n) is 13.0. The maximum Gasteiger partial charge on any atom is 0.200 e. The van der Waals surface area contributed by atoms with E-state index in [1.54, 1.807) is 10.5 Å². The number of halogens is 20. The van der Waals surface area contributed by atoms with E-state index in [4.69, 9.17) is 0 Å². The van der Waals surface area contributed by atoms with Gasteiger partial charge in [0.1, 0.15) is 59.2 Å². The average Bonchev–Trinajstić information content (AvgIpc) is 3.23. The van der Waals surface area contributed by atoms with Gasteiger partial charge in [-0.1, -0.05) is 37.6 Å². The Balaban J connectivity index is 0.000000445. The van der Waals surface area contributed by atoms with Crippen molar-refractivity contribution in [1.29, 1.82) is 0 Å². The van der Waals surface area contributed by atoms with Crippen molar-refractivity contribution in [2.24, 2.45) is 0 Å². The molecule has 5 aromatic rings. The van der Waals surface area contributed by atoms with E-state index in [9.17, 15) is 52.7 Å². The van der Waals surface area contributed by atoms with Crippen LogP contribution in [0.4, 0.5) is 87.8 Å². The lowest BCUT2D eigenvalue weighted by molar-refractivity contribution is -0.910. The van der Waals surface area contributed by atoms with E-state index in [0.29, 0.717) is 0 Å². The minimum atomic E-state index is -7.22. The SMILES string of the molecule is CCCc1ccccc1C[NH+](CC)CC.Fc1c(F)c(F)c([B-](c2c(F)c(F)c(F)c(F)c2F)(c2c(F)c(F)c(F)c(F)c2F)c2c(F)c(F)c(F)c(F)c2F)c(F)c1F. The van der Waals surface area contributed by atoms with Crippen molar-refractivity contribution in [3.63, 3.8) is 0 Å². The largest absolute Gasteiger partial charge is 0.332 e. The molecule has 0 spiro atoms. The van der Waals surface area contributed by atoms with Crippen molar-refractivity contribution in [3.8, 4) is 0 Å². The zero-order chi connectivity index (χ0) is 45.5. The van der Waals surface area contributed by atoms with E-state index in [-0.39, 0.29) is 0 Å². The summed E-state index contributed by atoms with van der Waals surface area (Å²) in [6, 6.07) is 8.89. The molecular formula is C38H24BF20N. The van der Waals surface area contributed by atoms with Crippen LogP contribution in [0.3, 0.4) is 0 Å². The van der Waals surface area contributed by atoms with E-state index in [1.165, 1.54) is 38.0 Å². The van der Waals surface area contributed by atoms with Crippen molar-refractivity contribution >= 4 is 28.0 Å². The molecule has 0 aliphatic rings. The Morgan fingerprint density at radius 3 is 0.767 bits per heavy atom. The van der Waals surface area contributed by atoms with Crippen molar-refractivity contribution in [1.82, 2.24) is 0 Å². The van der Waals surface area contributed by atoms with Gasteiger partial charge in [0.15, 0.2) is 69.8 Å². The fourth-order valence-corrected chi connectivity index (χ4v) is 6.89. The van der Waals surface area contributed by atoms with Crippen LogP contribution in [0.15, 0.2) is 24.3 Å². The molecule has 22 heteroatoms. The quantitative estimate of drug-likeness (QED) is 0.0630. The van der Waals surface area contributed by atoms with Gasteiger partial charge in [0.05, 0.1) is 13.1 Å². The van der Waals surface area contributed by atoms with Gasteiger partial charge in [-0.25, -0.2) is 87.8 Å². The predicted octanol–water partition coefficient (Wildman–Crippen LogP) is 7.91. The Morgan fingerprint density at radius 2 is 0.550 bits per heavy atom. The summed E-state index contributed by atoms with van der Waals surface area (Å²) >= 11 is 0. The third-order valence-electron chi connectivity index (χ3n) is 9.79. The predicted molar refractivity (Wildman–Crippen MR) is 175 cm³/mol. The Bertz CT molecular complexity index is 2090. The highest BCUT2D eigenvalue weighted by Gasteiger charge is 2.52. The Hall–Kier alpha value is -5.28. The number of hydrogen-bond donors (Lipinski definition) is 1. The molecule has 0 aliphatic heterocycles. The minimum absolute atomic E-state index is 1.18. The summed E-state index contributed by atoms with van der Waals surface area (Å²) < 4.78 is 294. The normalized spacial score (nSPS) is 11.7. The van der Waals surface area contributed by atoms with Gasteiger partial charge in [-0.2, -0.15) is 0 Å². The third kappa shape index (κ3) is 7.55. The lowest BCUT2D eigenvalue weighted by Crippen LogP contribution is -3.10. The second-order valence-corrected chi connectivity index (χ2v) is 13.0. The van der Waals surface area contributed by atoms with Crippen LogP contribution in [0.1, 0.15) is 38.3 Å². The summed E-state index contributed by atoms with van der Waals surface area (Å²) in [7, 11) is 0. The molecule has 0 saturated carbocycles. The van der Waals surface area contributed by atoms with Gasteiger partial charge < -0.3 is 4.90 Å². The van der Waals surface area contributed by atoms with Crippen molar-refractivity contribution in [2.45, 2.75) is 40.2 Å². The summed E-state index contributed by atoms with van der Waals surface area (Å²) in [6.07, 6.45) is -4.76. The number of benzene rings is 5. The van der Waals surface area contributed by atoms with Crippen LogP contribution in [-0.4, -0.2) is 19.2 Å². The monoisotopic (exact) mass is 885 g/mol. The smallest absolute Gasteiger partial charge is 0.200 e. The molecule has 0 saturated heterocycles. The zero-order valence-electron chi connectivity index (χ0n) is 30.5. The molecule has 324 valence electrons. The second kappa shape index (κ2) is 18.1. The maximum absolute atomic E-state index is 15.4. The molecule has 0 aliphatic carbocycles. The molecule has 0 heterocycles. The molecule has 1 nitrogen and oxygen atoms in total. The van der Waals surface area contributed by atoms with Crippen LogP contribution in [0.5, 0.6) is 0 Å². The fraction of sp³-hybridized carbons (Fsp3) is 0.211. The van der Waals surface area contributed by atoms with Gasteiger partial charge in [-0.05, 0) is 25.8 Å². The van der Waals surface area contributed by atoms with Crippen LogP contribution in [0.25, 0.3) is 0 Å². The third-order valence-corrected chi connectivity index (χ3v) is 9.79. The molecule has 0 fully saturated rings. The van der Waals surface area contributed by atoms with Gasteiger partial charge in [0.2, 0.25) is 0 Å². The topological polar surface area (TPSA) is 4.44 Å². The van der Waals surface area contributed by atoms with Crippen molar-refractivity contribution in [2.75, 3.05) is 13.1 Å². The van der Waals surface area contributed by atoms with Crippen LogP contribution in [0.2, 0.25) is 0 Å². The molecular weight excluding hydrogens is 861 g/mol. The average molecular weight is 885 g/mol. The van der Waals surface area contributed by atoms with Crippen LogP contribution >= 0.6 is 0 Å². The van der Waals surface area contributed by atoms with E-state index in [1.807, 2.05) is 0 Å². The van der Waals surface area contributed by atoms with Gasteiger partial charge in [0.25, 0.3) is 0 Å². The lowest BCUT2D eigenvalue weighted by atomic mass is 9.12. The number of aryl methyl sites for hydroxylation is 1. The molecule has 60 heavy (non-hydrogen) atoms. The molecule has 1 N–H and O–H groups in total.